The lowest BCUT2D eigenvalue weighted by atomic mass is 10.1. The molecule has 0 saturated heterocycles. The van der Waals surface area contributed by atoms with Gasteiger partial charge in [0.25, 0.3) is 0 Å². The van der Waals surface area contributed by atoms with Crippen LogP contribution in [-0.2, 0) is 11.3 Å². The van der Waals surface area contributed by atoms with Gasteiger partial charge in [0.15, 0.2) is 11.0 Å². The largest absolute Gasteiger partial charge is 0.478 e. The summed E-state index contributed by atoms with van der Waals surface area (Å²) >= 11 is 1.29. The van der Waals surface area contributed by atoms with Gasteiger partial charge in [-0.3, -0.25) is 4.79 Å². The second-order valence-corrected chi connectivity index (χ2v) is 7.08. The number of nitrogens with one attached hydrogen (secondary N) is 1. The molecule has 7 nitrogen and oxygen atoms in total. The number of aryl methyl sites for hydroxylation is 1. The summed E-state index contributed by atoms with van der Waals surface area (Å²) in [7, 11) is 0. The third kappa shape index (κ3) is 4.58. The van der Waals surface area contributed by atoms with Crippen LogP contribution in [0.2, 0.25) is 0 Å². The quantitative estimate of drug-likeness (QED) is 0.591. The highest BCUT2D eigenvalue weighted by Crippen LogP contribution is 2.24. The van der Waals surface area contributed by atoms with Crippen LogP contribution in [0.15, 0.2) is 53.7 Å². The van der Waals surface area contributed by atoms with E-state index >= 15 is 0 Å². The number of anilines is 1. The number of amides is 1. The van der Waals surface area contributed by atoms with Crippen molar-refractivity contribution in [3.05, 3.63) is 59.7 Å². The molecule has 0 bridgehead atoms. The third-order valence-electron chi connectivity index (χ3n) is 4.07. The summed E-state index contributed by atoms with van der Waals surface area (Å²) in [6.45, 7) is 4.71. The maximum absolute atomic E-state index is 12.2. The Morgan fingerprint density at radius 1 is 1.14 bits per heavy atom. The summed E-state index contributed by atoms with van der Waals surface area (Å²) in [6.07, 6.45) is 0. The molecule has 2 aromatic carbocycles. The number of hydrogen-bond donors (Lipinski definition) is 2. The summed E-state index contributed by atoms with van der Waals surface area (Å²) < 4.78 is 1.97. The molecule has 0 aliphatic heterocycles. The van der Waals surface area contributed by atoms with E-state index in [1.165, 1.54) is 29.5 Å². The number of aromatic carboxylic acids is 1. The summed E-state index contributed by atoms with van der Waals surface area (Å²) in [5.41, 5.74) is 2.72. The number of hydrogen-bond acceptors (Lipinski definition) is 5. The SMILES string of the molecule is CCn1c(SCC(=O)Nc2cccc(C(=O)O)c2)nnc1-c1ccc(C)cc1. The lowest BCUT2D eigenvalue weighted by Crippen LogP contribution is -2.15. The molecule has 1 heterocycles. The van der Waals surface area contributed by atoms with E-state index in [1.807, 2.05) is 42.7 Å². The van der Waals surface area contributed by atoms with Gasteiger partial charge in [0.05, 0.1) is 11.3 Å². The van der Waals surface area contributed by atoms with E-state index in [4.69, 9.17) is 5.11 Å². The molecule has 8 heteroatoms. The van der Waals surface area contributed by atoms with E-state index in [2.05, 4.69) is 15.5 Å². The Morgan fingerprint density at radius 3 is 2.57 bits per heavy atom. The Balaban J connectivity index is 1.67. The molecule has 0 unspecified atom stereocenters. The van der Waals surface area contributed by atoms with Crippen molar-refractivity contribution in [1.29, 1.82) is 0 Å². The number of nitrogens with zero attached hydrogens (tertiary/aromatic N) is 3. The van der Waals surface area contributed by atoms with Crippen molar-refractivity contribution in [3.63, 3.8) is 0 Å². The van der Waals surface area contributed by atoms with Gasteiger partial charge in [-0.05, 0) is 32.0 Å². The van der Waals surface area contributed by atoms with Crippen LogP contribution in [0.3, 0.4) is 0 Å². The Morgan fingerprint density at radius 2 is 1.89 bits per heavy atom. The first-order valence-electron chi connectivity index (χ1n) is 8.74. The lowest BCUT2D eigenvalue weighted by Gasteiger charge is -2.08. The lowest BCUT2D eigenvalue weighted by molar-refractivity contribution is -0.113. The average Bonchev–Trinajstić information content (AvgIpc) is 3.10. The number of carboxylic acids is 1. The third-order valence-corrected chi connectivity index (χ3v) is 5.04. The maximum Gasteiger partial charge on any atom is 0.335 e. The number of aromatic nitrogens is 3. The van der Waals surface area contributed by atoms with Crippen LogP contribution in [-0.4, -0.2) is 37.5 Å². The number of benzene rings is 2. The van der Waals surface area contributed by atoms with Crippen molar-refractivity contribution < 1.29 is 14.7 Å². The van der Waals surface area contributed by atoms with E-state index in [-0.39, 0.29) is 17.2 Å². The van der Waals surface area contributed by atoms with E-state index in [0.717, 1.165) is 11.4 Å². The van der Waals surface area contributed by atoms with Crippen molar-refractivity contribution >= 4 is 29.3 Å². The molecule has 144 valence electrons. The molecule has 3 rings (SSSR count). The zero-order valence-corrected chi connectivity index (χ0v) is 16.4. The van der Waals surface area contributed by atoms with Crippen molar-refractivity contribution in [2.24, 2.45) is 0 Å². The molecule has 0 saturated carbocycles. The van der Waals surface area contributed by atoms with E-state index < -0.39 is 5.97 Å². The second-order valence-electron chi connectivity index (χ2n) is 6.14. The minimum atomic E-state index is -1.04. The van der Waals surface area contributed by atoms with Gasteiger partial charge >= 0.3 is 5.97 Å². The molecular formula is C20H20N4O3S. The second kappa shape index (κ2) is 8.71. The van der Waals surface area contributed by atoms with Crippen molar-refractivity contribution in [3.8, 4) is 11.4 Å². The minimum absolute atomic E-state index is 0.124. The van der Waals surface area contributed by atoms with Crippen LogP contribution in [0, 0.1) is 6.92 Å². The first-order chi connectivity index (χ1) is 13.5. The molecule has 0 spiro atoms. The number of carbonyl (C=O) groups is 2. The maximum atomic E-state index is 12.2. The Labute approximate surface area is 166 Å². The van der Waals surface area contributed by atoms with E-state index in [0.29, 0.717) is 17.4 Å². The summed E-state index contributed by atoms with van der Waals surface area (Å²) in [5.74, 6) is -0.372. The van der Waals surface area contributed by atoms with Gasteiger partial charge in [-0.15, -0.1) is 10.2 Å². The summed E-state index contributed by atoms with van der Waals surface area (Å²) in [6, 6.07) is 14.2. The van der Waals surface area contributed by atoms with E-state index in [9.17, 15) is 9.59 Å². The van der Waals surface area contributed by atoms with Crippen LogP contribution in [0.25, 0.3) is 11.4 Å². The fourth-order valence-electron chi connectivity index (χ4n) is 2.65. The smallest absolute Gasteiger partial charge is 0.335 e. The number of thioether (sulfide) groups is 1. The molecule has 0 atom stereocenters. The van der Waals surface area contributed by atoms with Gasteiger partial charge in [-0.25, -0.2) is 4.79 Å². The van der Waals surface area contributed by atoms with Gasteiger partial charge in [-0.2, -0.15) is 0 Å². The van der Waals surface area contributed by atoms with Crippen molar-refractivity contribution in [1.82, 2.24) is 14.8 Å². The predicted octanol–water partition coefficient (Wildman–Crippen LogP) is 3.70. The van der Waals surface area contributed by atoms with E-state index in [1.54, 1.807) is 12.1 Å². The minimum Gasteiger partial charge on any atom is -0.478 e. The highest BCUT2D eigenvalue weighted by Gasteiger charge is 2.15. The predicted molar refractivity (Wildman–Crippen MR) is 109 cm³/mol. The fraction of sp³-hybridized carbons (Fsp3) is 0.200. The first-order valence-corrected chi connectivity index (χ1v) is 9.72. The van der Waals surface area contributed by atoms with Crippen LogP contribution in [0.5, 0.6) is 0 Å². The highest BCUT2D eigenvalue weighted by molar-refractivity contribution is 7.99. The summed E-state index contributed by atoms with van der Waals surface area (Å²) in [4.78, 5) is 23.3. The molecule has 0 radical (unpaired) electrons. The van der Waals surface area contributed by atoms with Crippen molar-refractivity contribution in [2.45, 2.75) is 25.5 Å². The fourth-order valence-corrected chi connectivity index (χ4v) is 3.46. The number of carboxylic acid groups (broad SMARTS) is 1. The molecule has 0 aliphatic carbocycles. The molecule has 2 N–H and O–H groups in total. The molecule has 1 aromatic heterocycles. The number of rotatable bonds is 7. The summed E-state index contributed by atoms with van der Waals surface area (Å²) in [5, 5.41) is 20.9. The van der Waals surface area contributed by atoms with Crippen LogP contribution in [0.1, 0.15) is 22.8 Å². The normalized spacial score (nSPS) is 10.6. The number of carbonyl (C=O) groups excluding carboxylic acids is 1. The highest BCUT2D eigenvalue weighted by atomic mass is 32.2. The zero-order valence-electron chi connectivity index (χ0n) is 15.5. The zero-order chi connectivity index (χ0) is 20.1. The van der Waals surface area contributed by atoms with Gasteiger partial charge in [0, 0.05) is 17.8 Å². The molecule has 28 heavy (non-hydrogen) atoms. The van der Waals surface area contributed by atoms with Gasteiger partial charge in [0.2, 0.25) is 5.91 Å². The molecule has 0 fully saturated rings. The van der Waals surface area contributed by atoms with Crippen LogP contribution >= 0.6 is 11.8 Å². The Kier molecular flexibility index (Phi) is 6.10. The molecule has 3 aromatic rings. The monoisotopic (exact) mass is 396 g/mol. The average molecular weight is 396 g/mol. The molecular weight excluding hydrogens is 376 g/mol. The molecule has 1 amide bonds. The van der Waals surface area contributed by atoms with Gasteiger partial charge in [-0.1, -0.05) is 47.7 Å². The standard InChI is InChI=1S/C20H20N4O3S/c1-3-24-18(14-9-7-13(2)8-10-14)22-23-20(24)28-12-17(25)21-16-6-4-5-15(11-16)19(26)27/h4-11H,3,12H2,1-2H3,(H,21,25)(H,26,27). The van der Waals surface area contributed by atoms with Gasteiger partial charge in [0.1, 0.15) is 0 Å². The van der Waals surface area contributed by atoms with Crippen LogP contribution < -0.4 is 5.32 Å². The van der Waals surface area contributed by atoms with Gasteiger partial charge < -0.3 is 15.0 Å². The van der Waals surface area contributed by atoms with Crippen LogP contribution in [0.4, 0.5) is 5.69 Å². The Bertz CT molecular complexity index is 999. The Hall–Kier alpha value is -3.13. The first kappa shape index (κ1) is 19.6. The topological polar surface area (TPSA) is 97.1 Å². The van der Waals surface area contributed by atoms with Crippen molar-refractivity contribution in [2.75, 3.05) is 11.1 Å². The molecule has 0 aliphatic rings.